The van der Waals surface area contributed by atoms with Gasteiger partial charge in [0.1, 0.15) is 25.0 Å². The number of aromatic nitrogens is 1. The Labute approximate surface area is 642 Å². The van der Waals surface area contributed by atoms with E-state index in [1.165, 1.54) is 116 Å². The van der Waals surface area contributed by atoms with Crippen LogP contribution in [0.25, 0.3) is 5.57 Å². The molecular weight excluding hydrogens is 1410 g/mol. The molecule has 0 aliphatic carbocycles. The monoisotopic (exact) mass is 1550 g/mol. The van der Waals surface area contributed by atoms with Gasteiger partial charge in [0.05, 0.1) is 26.4 Å². The van der Waals surface area contributed by atoms with Gasteiger partial charge in [-0.1, -0.05) is 211 Å². The van der Waals surface area contributed by atoms with E-state index in [0.29, 0.717) is 58.8 Å². The minimum absolute atomic E-state index is 0.0266. The summed E-state index contributed by atoms with van der Waals surface area (Å²) >= 11 is 0. The number of halogens is 2. The maximum atomic E-state index is 16.3. The lowest BCUT2D eigenvalue weighted by atomic mass is 9.84. The van der Waals surface area contributed by atoms with Gasteiger partial charge in [0.25, 0.3) is 0 Å². The second kappa shape index (κ2) is 58.1. The number of aryl methyl sites for hydroxylation is 2. The number of esters is 5. The van der Waals surface area contributed by atoms with E-state index in [1.54, 1.807) is 39.8 Å². The molecule has 2 aliphatic rings. The molecule has 107 heavy (non-hydrogen) atoms. The molecule has 2 unspecified atom stereocenters. The van der Waals surface area contributed by atoms with E-state index in [-0.39, 0.29) is 38.5 Å². The highest BCUT2D eigenvalue weighted by atomic mass is 31.2. The van der Waals surface area contributed by atoms with Crippen LogP contribution in [0.3, 0.4) is 0 Å². The van der Waals surface area contributed by atoms with Crippen molar-refractivity contribution in [3.05, 3.63) is 76.8 Å². The first kappa shape index (κ1) is 96.3. The molecular formula is C82H139BF2N2O18P2. The number of nitrogens with zero attached hydrogens (tertiary/aromatic N) is 2. The first-order valence-corrected chi connectivity index (χ1v) is 44.3. The molecule has 0 fully saturated rings. The van der Waals surface area contributed by atoms with E-state index in [1.807, 2.05) is 0 Å². The van der Waals surface area contributed by atoms with E-state index in [4.69, 9.17) is 41.8 Å². The molecule has 0 bridgehead atoms. The second-order valence-electron chi connectivity index (χ2n) is 29.2. The first-order chi connectivity index (χ1) is 51.4. The highest BCUT2D eigenvalue weighted by molar-refractivity contribution is 7.47. The van der Waals surface area contributed by atoms with Gasteiger partial charge in [0.2, 0.25) is 0 Å². The molecule has 2 N–H and O–H groups in total. The fourth-order valence-corrected chi connectivity index (χ4v) is 15.0. The molecule has 1 aromatic heterocycles. The van der Waals surface area contributed by atoms with Gasteiger partial charge in [-0.05, 0) is 147 Å². The van der Waals surface area contributed by atoms with Crippen LogP contribution in [0.5, 0.6) is 0 Å². The Hall–Kier alpha value is -4.86. The lowest BCUT2D eigenvalue weighted by Crippen LogP contribution is -2.51. The van der Waals surface area contributed by atoms with Crippen molar-refractivity contribution in [3.63, 3.8) is 0 Å². The molecule has 0 aromatic carbocycles. The fraction of sp³-hybridized carbons (Fsp3) is 0.756. The number of unbranched alkanes of at least 4 members (excludes halogenated alkanes) is 33. The summed E-state index contributed by atoms with van der Waals surface area (Å²) in [5.41, 5.74) is 3.25. The predicted octanol–water partition coefficient (Wildman–Crippen LogP) is 21.9. The standard InChI is InChI=1S/C82H139BF2N2O18P2/c1-9-12-15-18-21-24-27-30-33-36-39-42-45-48-51-56-77(89)98-63-74(104-79(91)58-53-50-47-44-41-38-35-32-29-26-23-20-17-14-11-3)65-100-107(95,96)102-67-75(105-80(92)59-54-55-76-81-68(4)60-70(6)86(81)83(84,85)87-71(7)61-69(5)82(76)87)66-101-106(93,94)99-64-73(62-97-72(8)88)103-78(90)57-52-49-46-43-40-37-34-31-28-25-22-19-16-13-10-2/h30-35,60-61,73-75H,9-29,36-59,62-67H2,1-8H3,(H,93,94)(H,95,96)/b33-30+,34-31+,35-32+/t73-,74+,75+/m0/s1. The van der Waals surface area contributed by atoms with Crippen LogP contribution in [0, 0.1) is 13.8 Å². The summed E-state index contributed by atoms with van der Waals surface area (Å²) in [6, 6.07) is 1.69. The lowest BCUT2D eigenvalue weighted by Gasteiger charge is -2.34. The number of phosphoric ester groups is 2. The van der Waals surface area contributed by atoms with Crippen LogP contribution < -0.4 is 0 Å². The van der Waals surface area contributed by atoms with Crippen LogP contribution in [-0.2, 0) is 74.9 Å². The van der Waals surface area contributed by atoms with Crippen molar-refractivity contribution in [1.29, 1.82) is 0 Å². The zero-order valence-electron chi connectivity index (χ0n) is 67.0. The smallest absolute Gasteiger partial charge is 0.462 e. The third-order valence-electron chi connectivity index (χ3n) is 19.3. The number of carbonyl (C=O) groups is 5. The van der Waals surface area contributed by atoms with E-state index in [2.05, 4.69) is 57.2 Å². The molecule has 0 radical (unpaired) electrons. The average Bonchev–Trinajstić information content (AvgIpc) is 1.57. The van der Waals surface area contributed by atoms with E-state index < -0.39 is 110 Å². The number of ether oxygens (including phenoxy) is 5. The summed E-state index contributed by atoms with van der Waals surface area (Å²) in [5, 5.41) is 0. The van der Waals surface area contributed by atoms with Crippen molar-refractivity contribution >= 4 is 63.7 Å². The number of hydrogen-bond donors (Lipinski definition) is 2. The molecule has 25 heteroatoms. The Morgan fingerprint density at radius 1 is 0.449 bits per heavy atom. The van der Waals surface area contributed by atoms with Gasteiger partial charge >= 0.3 is 52.5 Å². The Balaban J connectivity index is 1.69. The molecule has 0 amide bonds. The van der Waals surface area contributed by atoms with E-state index in [0.717, 1.165) is 131 Å². The number of phosphoric acid groups is 2. The summed E-state index contributed by atoms with van der Waals surface area (Å²) in [5.74, 6) is -3.49. The predicted molar refractivity (Wildman–Crippen MR) is 422 cm³/mol. The van der Waals surface area contributed by atoms with Crippen molar-refractivity contribution in [2.24, 2.45) is 0 Å². The van der Waals surface area contributed by atoms with Crippen LogP contribution in [-0.4, -0.2) is 119 Å². The average molecular weight is 1550 g/mol. The third kappa shape index (κ3) is 44.1. The van der Waals surface area contributed by atoms with Crippen molar-refractivity contribution in [2.45, 2.75) is 363 Å². The Morgan fingerprint density at radius 2 is 0.757 bits per heavy atom. The minimum Gasteiger partial charge on any atom is -0.462 e. The second-order valence-corrected chi connectivity index (χ2v) is 32.1. The Kier molecular flexibility index (Phi) is 52.3. The third-order valence-corrected chi connectivity index (χ3v) is 21.2. The fourth-order valence-electron chi connectivity index (χ4n) is 13.4. The summed E-state index contributed by atoms with van der Waals surface area (Å²) in [6.07, 6.45) is 52.8. The Morgan fingerprint density at radius 3 is 1.11 bits per heavy atom. The largest absolute Gasteiger partial charge is 0.737 e. The van der Waals surface area contributed by atoms with Crippen LogP contribution in [0.15, 0.2) is 59.9 Å². The highest BCUT2D eigenvalue weighted by Crippen LogP contribution is 2.47. The van der Waals surface area contributed by atoms with Gasteiger partial charge in [-0.25, -0.2) is 9.13 Å². The zero-order valence-corrected chi connectivity index (χ0v) is 68.8. The molecule has 1 aromatic rings. The van der Waals surface area contributed by atoms with Crippen LogP contribution in [0.1, 0.15) is 347 Å². The molecule has 612 valence electrons. The van der Waals surface area contributed by atoms with Crippen LogP contribution in [0.2, 0.25) is 0 Å². The zero-order chi connectivity index (χ0) is 78.4. The van der Waals surface area contributed by atoms with Gasteiger partial charge in [0.15, 0.2) is 17.9 Å². The molecule has 0 saturated carbocycles. The molecule has 0 saturated heterocycles. The SMILES string of the molecule is CCCCCCCC/C=C/CCCCCCCC(=O)OC[C@H](COP(=O)(O)OC[C@@H](COP(=O)(O)OC[C@H](COC(C)=O)OC(=O)CCCCCCC/C=C/CCCCCCCC)OC(=O)CCCC1=C2C(C)=CC(C)=[N+]2[B-](F)(F)n2c(C)cc(C)c21)OC(=O)CCCCCCC/C=C/CCCCCCCC. The van der Waals surface area contributed by atoms with Gasteiger partial charge in [-0.15, -0.1) is 0 Å². The summed E-state index contributed by atoms with van der Waals surface area (Å²) in [6.45, 7) is 5.69. The quantitative estimate of drug-likeness (QED) is 0.0154. The van der Waals surface area contributed by atoms with Gasteiger partial charge in [-0.3, -0.25) is 42.1 Å². The Bertz CT molecular complexity index is 3000. The molecule has 2 aliphatic heterocycles. The van der Waals surface area contributed by atoms with E-state index >= 15 is 8.63 Å². The van der Waals surface area contributed by atoms with Gasteiger partial charge in [0, 0.05) is 62.4 Å². The van der Waals surface area contributed by atoms with E-state index in [9.17, 15) is 42.9 Å². The number of rotatable bonds is 68. The molecule has 3 rings (SSSR count). The number of hydrogen-bond acceptors (Lipinski definition) is 16. The summed E-state index contributed by atoms with van der Waals surface area (Å²) < 4.78 is 111. The number of carbonyl (C=O) groups excluding carboxylic acids is 5. The number of allylic oxidation sites excluding steroid dienone is 9. The van der Waals surface area contributed by atoms with Crippen molar-refractivity contribution in [3.8, 4) is 0 Å². The molecule has 20 nitrogen and oxygen atoms in total. The summed E-state index contributed by atoms with van der Waals surface area (Å²) in [7, 11) is -10.4. The molecule has 3 heterocycles. The van der Waals surface area contributed by atoms with Crippen LogP contribution in [0.4, 0.5) is 8.63 Å². The lowest BCUT2D eigenvalue weighted by molar-refractivity contribution is -0.363. The van der Waals surface area contributed by atoms with Gasteiger partial charge < -0.3 is 51.1 Å². The first-order valence-electron chi connectivity index (χ1n) is 41.3. The minimum atomic E-state index is -5.21. The van der Waals surface area contributed by atoms with Crippen molar-refractivity contribution < 1.29 is 97.8 Å². The normalized spacial score (nSPS) is 15.5. The topological polar surface area (TPSA) is 251 Å². The maximum Gasteiger partial charge on any atom is 0.737 e. The highest BCUT2D eigenvalue weighted by Gasteiger charge is 2.55. The molecule has 5 atom stereocenters. The number of fused-ring (bicyclic) bond motifs is 2. The van der Waals surface area contributed by atoms with Crippen molar-refractivity contribution in [1.82, 2.24) is 4.48 Å². The van der Waals surface area contributed by atoms with Crippen molar-refractivity contribution in [2.75, 3.05) is 39.6 Å². The maximum absolute atomic E-state index is 16.3. The van der Waals surface area contributed by atoms with Gasteiger partial charge in [-0.2, -0.15) is 0 Å². The van der Waals surface area contributed by atoms with Crippen LogP contribution >= 0.6 is 15.6 Å². The summed E-state index contributed by atoms with van der Waals surface area (Å²) in [4.78, 5) is 87.2. The molecule has 0 spiro atoms.